The molecule has 0 N–H and O–H groups in total. The summed E-state index contributed by atoms with van der Waals surface area (Å²) in [4.78, 5) is 10.7. The normalized spacial score (nSPS) is 13.0. The van der Waals surface area contributed by atoms with E-state index in [2.05, 4.69) is 25.1 Å². The van der Waals surface area contributed by atoms with Crippen molar-refractivity contribution in [3.63, 3.8) is 0 Å². The number of Topliss-reactive ketones (excluding diaryl/α,β-unsaturated/α-hetero) is 1. The van der Waals surface area contributed by atoms with Gasteiger partial charge in [-0.1, -0.05) is 49.4 Å². The van der Waals surface area contributed by atoms with Crippen molar-refractivity contribution >= 4 is 5.78 Å². The Bertz CT molecular complexity index is 311. The maximum absolute atomic E-state index is 10.7. The Morgan fingerprint density at radius 3 is 2.57 bits per heavy atom. The summed E-state index contributed by atoms with van der Waals surface area (Å²) in [5.74, 6) is 0.595. The molecule has 1 unspecified atom stereocenters. The molecule has 0 saturated heterocycles. The molecule has 0 aliphatic heterocycles. The predicted molar refractivity (Wildman–Crippen MR) is 59.3 cm³/mol. The van der Waals surface area contributed by atoms with Crippen molar-refractivity contribution in [2.45, 2.75) is 26.2 Å². The molecule has 0 aliphatic rings. The smallest absolute Gasteiger partial charge is 0.133 e. The van der Waals surface area contributed by atoms with Crippen LogP contribution in [0.1, 0.15) is 31.7 Å². The minimum absolute atomic E-state index is 0.210. The van der Waals surface area contributed by atoms with Gasteiger partial charge in [-0.2, -0.15) is 0 Å². The van der Waals surface area contributed by atoms with Crippen LogP contribution in [0.25, 0.3) is 0 Å². The largest absolute Gasteiger partial charge is 0.300 e. The fourth-order valence-corrected chi connectivity index (χ4v) is 1.31. The first-order chi connectivity index (χ1) is 6.70. The van der Waals surface area contributed by atoms with Crippen LogP contribution >= 0.6 is 0 Å². The number of rotatable bonds is 4. The van der Waals surface area contributed by atoms with E-state index in [9.17, 15) is 4.79 Å². The summed E-state index contributed by atoms with van der Waals surface area (Å²) in [7, 11) is 0. The van der Waals surface area contributed by atoms with E-state index in [-0.39, 0.29) is 5.78 Å². The van der Waals surface area contributed by atoms with Gasteiger partial charge in [0.05, 0.1) is 0 Å². The zero-order valence-electron chi connectivity index (χ0n) is 8.73. The quantitative estimate of drug-likeness (QED) is 0.662. The van der Waals surface area contributed by atoms with Crippen LogP contribution in [0.4, 0.5) is 0 Å². The molecule has 0 radical (unpaired) electrons. The lowest BCUT2D eigenvalue weighted by atomic mass is 10.0. The second kappa shape index (κ2) is 5.38. The molecule has 1 heteroatoms. The highest BCUT2D eigenvalue weighted by Crippen LogP contribution is 2.15. The van der Waals surface area contributed by atoms with Gasteiger partial charge in [0.2, 0.25) is 0 Å². The minimum atomic E-state index is 0.210. The van der Waals surface area contributed by atoms with Gasteiger partial charge in [0.25, 0.3) is 0 Å². The van der Waals surface area contributed by atoms with E-state index in [0.29, 0.717) is 12.3 Å². The first-order valence-corrected chi connectivity index (χ1v) is 4.91. The maximum Gasteiger partial charge on any atom is 0.133 e. The number of benzene rings is 1. The van der Waals surface area contributed by atoms with Crippen LogP contribution in [0.15, 0.2) is 42.5 Å². The number of hydrogen-bond donors (Lipinski definition) is 0. The monoisotopic (exact) mass is 188 g/mol. The van der Waals surface area contributed by atoms with Crippen LogP contribution in [-0.4, -0.2) is 5.78 Å². The van der Waals surface area contributed by atoms with Gasteiger partial charge < -0.3 is 0 Å². The van der Waals surface area contributed by atoms with E-state index in [1.165, 1.54) is 5.56 Å². The van der Waals surface area contributed by atoms with Gasteiger partial charge in [0.1, 0.15) is 5.78 Å². The zero-order valence-corrected chi connectivity index (χ0v) is 8.73. The molecule has 1 atom stereocenters. The van der Waals surface area contributed by atoms with Crippen molar-refractivity contribution < 1.29 is 4.79 Å². The van der Waals surface area contributed by atoms with Crippen molar-refractivity contribution in [3.8, 4) is 0 Å². The summed E-state index contributed by atoms with van der Waals surface area (Å²) in [6.07, 6.45) is 4.56. The molecule has 0 heterocycles. The SMILES string of the molecule is CC(=O)C/C=C/C(C)c1ccccc1. The van der Waals surface area contributed by atoms with Gasteiger partial charge in [0.15, 0.2) is 0 Å². The fraction of sp³-hybridized carbons (Fsp3) is 0.308. The summed E-state index contributed by atoms with van der Waals surface area (Å²) >= 11 is 0. The molecule has 0 spiro atoms. The average Bonchev–Trinajstić information content (AvgIpc) is 2.18. The van der Waals surface area contributed by atoms with Gasteiger partial charge in [-0.15, -0.1) is 0 Å². The van der Waals surface area contributed by atoms with Crippen LogP contribution in [0.2, 0.25) is 0 Å². The third-order valence-electron chi connectivity index (χ3n) is 2.16. The average molecular weight is 188 g/mol. The highest BCUT2D eigenvalue weighted by Gasteiger charge is 1.98. The molecule has 1 nitrogen and oxygen atoms in total. The standard InChI is InChI=1S/C13H16O/c1-11(7-6-8-12(2)14)13-9-4-3-5-10-13/h3-7,9-11H,8H2,1-2H3/b7-6+. The number of hydrogen-bond acceptors (Lipinski definition) is 1. The molecule has 74 valence electrons. The van der Waals surface area contributed by atoms with Gasteiger partial charge in [0, 0.05) is 6.42 Å². The van der Waals surface area contributed by atoms with E-state index in [1.807, 2.05) is 24.3 Å². The molecular formula is C13H16O. The molecule has 0 bridgehead atoms. The van der Waals surface area contributed by atoms with Gasteiger partial charge >= 0.3 is 0 Å². The van der Waals surface area contributed by atoms with Crippen LogP contribution in [-0.2, 0) is 4.79 Å². The number of ketones is 1. The number of carbonyl (C=O) groups is 1. The lowest BCUT2D eigenvalue weighted by Crippen LogP contribution is -1.89. The van der Waals surface area contributed by atoms with Crippen LogP contribution in [0, 0.1) is 0 Å². The summed E-state index contributed by atoms with van der Waals surface area (Å²) in [5, 5.41) is 0. The van der Waals surface area contributed by atoms with Gasteiger partial charge in [-0.25, -0.2) is 0 Å². The van der Waals surface area contributed by atoms with Crippen LogP contribution < -0.4 is 0 Å². The molecule has 0 aliphatic carbocycles. The Hall–Kier alpha value is -1.37. The highest BCUT2D eigenvalue weighted by atomic mass is 16.1. The third-order valence-corrected chi connectivity index (χ3v) is 2.16. The summed E-state index contributed by atoms with van der Waals surface area (Å²) in [6, 6.07) is 10.3. The molecular weight excluding hydrogens is 172 g/mol. The Balaban J connectivity index is 2.54. The van der Waals surface area contributed by atoms with Crippen molar-refractivity contribution in [2.75, 3.05) is 0 Å². The Morgan fingerprint density at radius 2 is 2.00 bits per heavy atom. The lowest BCUT2D eigenvalue weighted by molar-refractivity contribution is -0.116. The molecule has 1 aromatic carbocycles. The van der Waals surface area contributed by atoms with E-state index < -0.39 is 0 Å². The molecule has 0 amide bonds. The second-order valence-corrected chi connectivity index (χ2v) is 3.53. The minimum Gasteiger partial charge on any atom is -0.300 e. The molecule has 0 fully saturated rings. The van der Waals surface area contributed by atoms with Crippen molar-refractivity contribution in [1.29, 1.82) is 0 Å². The maximum atomic E-state index is 10.7. The van der Waals surface area contributed by atoms with Crippen molar-refractivity contribution in [2.24, 2.45) is 0 Å². The molecule has 1 rings (SSSR count). The predicted octanol–water partition coefficient (Wildman–Crippen LogP) is 3.33. The first kappa shape index (κ1) is 10.7. The van der Waals surface area contributed by atoms with E-state index in [1.54, 1.807) is 6.92 Å². The fourth-order valence-electron chi connectivity index (χ4n) is 1.31. The third kappa shape index (κ3) is 3.56. The molecule has 14 heavy (non-hydrogen) atoms. The Labute approximate surface area is 85.5 Å². The summed E-state index contributed by atoms with van der Waals surface area (Å²) in [5.41, 5.74) is 1.28. The van der Waals surface area contributed by atoms with E-state index in [4.69, 9.17) is 0 Å². The highest BCUT2D eigenvalue weighted by molar-refractivity contribution is 5.76. The van der Waals surface area contributed by atoms with E-state index in [0.717, 1.165) is 0 Å². The second-order valence-electron chi connectivity index (χ2n) is 3.53. The Morgan fingerprint density at radius 1 is 1.36 bits per heavy atom. The molecule has 0 saturated carbocycles. The zero-order chi connectivity index (χ0) is 10.4. The summed E-state index contributed by atoms with van der Waals surface area (Å²) in [6.45, 7) is 3.74. The van der Waals surface area contributed by atoms with Crippen molar-refractivity contribution in [1.82, 2.24) is 0 Å². The van der Waals surface area contributed by atoms with Crippen LogP contribution in [0.5, 0.6) is 0 Å². The first-order valence-electron chi connectivity index (χ1n) is 4.91. The topological polar surface area (TPSA) is 17.1 Å². The van der Waals surface area contributed by atoms with Crippen molar-refractivity contribution in [3.05, 3.63) is 48.0 Å². The summed E-state index contributed by atoms with van der Waals surface area (Å²) < 4.78 is 0. The van der Waals surface area contributed by atoms with E-state index >= 15 is 0 Å². The van der Waals surface area contributed by atoms with Crippen LogP contribution in [0.3, 0.4) is 0 Å². The number of allylic oxidation sites excluding steroid dienone is 2. The van der Waals surface area contributed by atoms with Gasteiger partial charge in [-0.3, -0.25) is 4.79 Å². The molecule has 0 aromatic heterocycles. The molecule has 1 aromatic rings. The Kier molecular flexibility index (Phi) is 4.11. The number of carbonyl (C=O) groups excluding carboxylic acids is 1. The lowest BCUT2D eigenvalue weighted by Gasteiger charge is -2.05. The van der Waals surface area contributed by atoms with Gasteiger partial charge in [-0.05, 0) is 18.4 Å².